The van der Waals surface area contributed by atoms with E-state index in [0.717, 1.165) is 54.6 Å². The number of rotatable bonds is 6. The minimum absolute atomic E-state index is 0.0381. The van der Waals surface area contributed by atoms with Crippen LogP contribution in [0.25, 0.3) is 0 Å². The van der Waals surface area contributed by atoms with Crippen molar-refractivity contribution in [1.82, 2.24) is 15.2 Å². The normalized spacial score (nSPS) is 15.9. The van der Waals surface area contributed by atoms with Crippen molar-refractivity contribution < 1.29 is 4.79 Å². The fourth-order valence-electron chi connectivity index (χ4n) is 2.32. The molecule has 5 heteroatoms. The molecule has 0 bridgehead atoms. The molecule has 1 saturated heterocycles. The standard InChI is InChI=1S/C14H23N3OS/c1-3-4-7-15-14(18)13-11(2)16-12(19-13)10-17-8-5-6-9-17/h3-10H2,1-2H3,(H,15,18). The van der Waals surface area contributed by atoms with E-state index in [9.17, 15) is 4.79 Å². The summed E-state index contributed by atoms with van der Waals surface area (Å²) in [6.45, 7) is 8.03. The van der Waals surface area contributed by atoms with Crippen LogP contribution in [-0.4, -0.2) is 35.4 Å². The first kappa shape index (κ1) is 14.5. The zero-order chi connectivity index (χ0) is 13.7. The number of carbonyl (C=O) groups is 1. The van der Waals surface area contributed by atoms with Gasteiger partial charge in [0.25, 0.3) is 5.91 Å². The summed E-state index contributed by atoms with van der Waals surface area (Å²) in [7, 11) is 0. The molecule has 0 aromatic carbocycles. The molecule has 2 rings (SSSR count). The van der Waals surface area contributed by atoms with Gasteiger partial charge in [0.15, 0.2) is 0 Å². The van der Waals surface area contributed by atoms with Gasteiger partial charge in [0.2, 0.25) is 0 Å². The Morgan fingerprint density at radius 2 is 2.16 bits per heavy atom. The fourth-order valence-corrected chi connectivity index (χ4v) is 3.35. The molecule has 1 aliphatic rings. The predicted molar refractivity (Wildman–Crippen MR) is 78.6 cm³/mol. The number of amides is 1. The summed E-state index contributed by atoms with van der Waals surface area (Å²) in [5.74, 6) is 0.0381. The van der Waals surface area contributed by atoms with Crippen LogP contribution in [0.15, 0.2) is 0 Å². The van der Waals surface area contributed by atoms with Crippen LogP contribution in [0.3, 0.4) is 0 Å². The lowest BCUT2D eigenvalue weighted by Gasteiger charge is -2.11. The third kappa shape index (κ3) is 4.01. The van der Waals surface area contributed by atoms with Crippen LogP contribution in [0, 0.1) is 6.92 Å². The molecule has 0 unspecified atom stereocenters. The molecule has 0 spiro atoms. The van der Waals surface area contributed by atoms with E-state index in [0.29, 0.717) is 0 Å². The third-order valence-corrected chi connectivity index (χ3v) is 4.56. The molecule has 106 valence electrons. The molecule has 0 atom stereocenters. The highest BCUT2D eigenvalue weighted by Crippen LogP contribution is 2.21. The van der Waals surface area contributed by atoms with Crippen molar-refractivity contribution >= 4 is 17.2 Å². The van der Waals surface area contributed by atoms with E-state index in [4.69, 9.17) is 0 Å². The maximum atomic E-state index is 12.0. The Kier molecular flexibility index (Phi) is 5.34. The Labute approximate surface area is 119 Å². The third-order valence-electron chi connectivity index (χ3n) is 3.42. The largest absolute Gasteiger partial charge is 0.351 e. The summed E-state index contributed by atoms with van der Waals surface area (Å²) >= 11 is 1.55. The van der Waals surface area contributed by atoms with Crippen LogP contribution in [-0.2, 0) is 6.54 Å². The molecule has 0 aliphatic carbocycles. The monoisotopic (exact) mass is 281 g/mol. The van der Waals surface area contributed by atoms with Gasteiger partial charge < -0.3 is 5.32 Å². The quantitative estimate of drug-likeness (QED) is 0.815. The second-order valence-corrected chi connectivity index (χ2v) is 6.20. The highest BCUT2D eigenvalue weighted by Gasteiger charge is 2.18. The topological polar surface area (TPSA) is 45.2 Å². The van der Waals surface area contributed by atoms with Gasteiger partial charge in [-0.25, -0.2) is 4.98 Å². The van der Waals surface area contributed by atoms with Gasteiger partial charge in [-0.05, 0) is 39.3 Å². The fraction of sp³-hybridized carbons (Fsp3) is 0.714. The summed E-state index contributed by atoms with van der Waals surface area (Å²) in [5, 5.41) is 4.04. The van der Waals surface area contributed by atoms with Crippen molar-refractivity contribution in [3.63, 3.8) is 0 Å². The van der Waals surface area contributed by atoms with Crippen molar-refractivity contribution in [2.75, 3.05) is 19.6 Å². The van der Waals surface area contributed by atoms with E-state index in [1.165, 1.54) is 12.8 Å². The number of thiazole rings is 1. The minimum atomic E-state index is 0.0381. The number of aryl methyl sites for hydroxylation is 1. The van der Waals surface area contributed by atoms with Crippen molar-refractivity contribution in [3.05, 3.63) is 15.6 Å². The molecule has 1 amide bonds. The summed E-state index contributed by atoms with van der Waals surface area (Å²) in [5.41, 5.74) is 0.869. The lowest BCUT2D eigenvalue weighted by Crippen LogP contribution is -2.24. The predicted octanol–water partition coefficient (Wildman–Crippen LogP) is 2.58. The van der Waals surface area contributed by atoms with E-state index >= 15 is 0 Å². The summed E-state index contributed by atoms with van der Waals surface area (Å²) in [4.78, 5) is 19.8. The Bertz CT molecular complexity index is 424. The van der Waals surface area contributed by atoms with Crippen molar-refractivity contribution in [3.8, 4) is 0 Å². The second-order valence-electron chi connectivity index (χ2n) is 5.11. The number of likely N-dealkylation sites (tertiary alicyclic amines) is 1. The van der Waals surface area contributed by atoms with Gasteiger partial charge >= 0.3 is 0 Å². The molecule has 19 heavy (non-hydrogen) atoms. The first-order valence-electron chi connectivity index (χ1n) is 7.17. The molecule has 4 nitrogen and oxygen atoms in total. The number of unbranched alkanes of at least 4 members (excludes halogenated alkanes) is 1. The van der Waals surface area contributed by atoms with Crippen LogP contribution < -0.4 is 5.32 Å². The van der Waals surface area contributed by atoms with Gasteiger partial charge in [-0.3, -0.25) is 9.69 Å². The maximum absolute atomic E-state index is 12.0. The molecule has 1 aliphatic heterocycles. The highest BCUT2D eigenvalue weighted by atomic mass is 32.1. The number of nitrogens with one attached hydrogen (secondary N) is 1. The van der Waals surface area contributed by atoms with Crippen molar-refractivity contribution in [2.45, 2.75) is 46.1 Å². The number of carbonyl (C=O) groups excluding carboxylic acids is 1. The maximum Gasteiger partial charge on any atom is 0.263 e. The minimum Gasteiger partial charge on any atom is -0.351 e. The van der Waals surface area contributed by atoms with Crippen LogP contribution in [0.5, 0.6) is 0 Å². The van der Waals surface area contributed by atoms with Gasteiger partial charge in [-0.1, -0.05) is 13.3 Å². The number of hydrogen-bond donors (Lipinski definition) is 1. The zero-order valence-corrected chi connectivity index (χ0v) is 12.7. The first-order valence-corrected chi connectivity index (χ1v) is 7.99. The Morgan fingerprint density at radius 1 is 1.42 bits per heavy atom. The molecule has 1 N–H and O–H groups in total. The van der Waals surface area contributed by atoms with E-state index in [1.54, 1.807) is 11.3 Å². The Hall–Kier alpha value is -0.940. The average molecular weight is 281 g/mol. The molecule has 1 fully saturated rings. The van der Waals surface area contributed by atoms with Gasteiger partial charge in [0.1, 0.15) is 9.88 Å². The first-order chi connectivity index (χ1) is 9.20. The Balaban J connectivity index is 1.93. The number of hydrogen-bond acceptors (Lipinski definition) is 4. The van der Waals surface area contributed by atoms with Gasteiger partial charge in [0.05, 0.1) is 12.2 Å². The van der Waals surface area contributed by atoms with E-state index in [-0.39, 0.29) is 5.91 Å². The Morgan fingerprint density at radius 3 is 2.84 bits per heavy atom. The van der Waals surface area contributed by atoms with Gasteiger partial charge in [0, 0.05) is 6.54 Å². The smallest absolute Gasteiger partial charge is 0.263 e. The summed E-state index contributed by atoms with van der Waals surface area (Å²) < 4.78 is 0. The molecule has 0 saturated carbocycles. The van der Waals surface area contributed by atoms with Crippen molar-refractivity contribution in [2.24, 2.45) is 0 Å². The lowest BCUT2D eigenvalue weighted by atomic mass is 10.3. The molecule has 2 heterocycles. The SMILES string of the molecule is CCCCNC(=O)c1sc(CN2CCCC2)nc1C. The van der Waals surface area contributed by atoms with E-state index < -0.39 is 0 Å². The number of aromatic nitrogens is 1. The molecular weight excluding hydrogens is 258 g/mol. The lowest BCUT2D eigenvalue weighted by molar-refractivity contribution is 0.0956. The summed E-state index contributed by atoms with van der Waals surface area (Å²) in [6, 6.07) is 0. The van der Waals surface area contributed by atoms with E-state index in [2.05, 4.69) is 22.1 Å². The molecular formula is C14H23N3OS. The average Bonchev–Trinajstić information content (AvgIpc) is 3.00. The van der Waals surface area contributed by atoms with E-state index in [1.807, 2.05) is 6.92 Å². The van der Waals surface area contributed by atoms with Crippen LogP contribution in [0.2, 0.25) is 0 Å². The van der Waals surface area contributed by atoms with Gasteiger partial charge in [-0.15, -0.1) is 11.3 Å². The highest BCUT2D eigenvalue weighted by molar-refractivity contribution is 7.13. The van der Waals surface area contributed by atoms with Gasteiger partial charge in [-0.2, -0.15) is 0 Å². The van der Waals surface area contributed by atoms with Crippen LogP contribution in [0.4, 0.5) is 0 Å². The van der Waals surface area contributed by atoms with Crippen LogP contribution >= 0.6 is 11.3 Å². The van der Waals surface area contributed by atoms with Crippen LogP contribution in [0.1, 0.15) is 53.0 Å². The molecule has 1 aromatic rings. The second kappa shape index (κ2) is 7.01. The molecule has 1 aromatic heterocycles. The number of nitrogens with zero attached hydrogens (tertiary/aromatic N) is 2. The zero-order valence-electron chi connectivity index (χ0n) is 11.9. The van der Waals surface area contributed by atoms with Crippen molar-refractivity contribution in [1.29, 1.82) is 0 Å². The molecule has 0 radical (unpaired) electrons. The summed E-state index contributed by atoms with van der Waals surface area (Å²) in [6.07, 6.45) is 4.70.